The van der Waals surface area contributed by atoms with E-state index in [1.807, 2.05) is 97.1 Å². The van der Waals surface area contributed by atoms with Crippen LogP contribution in [0.4, 0.5) is 0 Å². The quantitative estimate of drug-likeness (QED) is 0.403. The van der Waals surface area contributed by atoms with Crippen LogP contribution in [0.15, 0.2) is 103 Å². The first-order chi connectivity index (χ1) is 15.3. The molecule has 0 unspecified atom stereocenters. The molecule has 0 aliphatic carbocycles. The fourth-order valence-corrected chi connectivity index (χ4v) is 3.15. The Morgan fingerprint density at radius 2 is 0.935 bits per heavy atom. The molecule has 0 saturated heterocycles. The van der Waals surface area contributed by atoms with Gasteiger partial charge in [0.15, 0.2) is 0 Å². The van der Waals surface area contributed by atoms with Gasteiger partial charge < -0.3 is 5.11 Å². The van der Waals surface area contributed by atoms with Gasteiger partial charge >= 0.3 is 0 Å². The van der Waals surface area contributed by atoms with Crippen LogP contribution in [0, 0.1) is 35.7 Å². The molecule has 0 fully saturated rings. The van der Waals surface area contributed by atoms with Crippen molar-refractivity contribution in [3.8, 4) is 46.8 Å². The number of rotatable bonds is 1. The van der Waals surface area contributed by atoms with Crippen molar-refractivity contribution in [2.75, 3.05) is 0 Å². The standard InChI is InChI=1S/C30H18O/c31-21-20-28-22-29(19-17-25-12-6-2-7-13-25)30(26-14-8-3-9-15-26)23-27(28)18-16-24-10-4-1-5-11-24/h1-15,22-23,31H. The molecular weight excluding hydrogens is 376 g/mol. The highest BCUT2D eigenvalue weighted by atomic mass is 16.2. The first kappa shape index (κ1) is 19.7. The van der Waals surface area contributed by atoms with E-state index in [1.54, 1.807) is 0 Å². The predicted octanol–water partition coefficient (Wildman–Crippen LogP) is 5.83. The lowest BCUT2D eigenvalue weighted by Crippen LogP contribution is -1.92. The van der Waals surface area contributed by atoms with Gasteiger partial charge in [0.1, 0.15) is 6.11 Å². The molecule has 1 nitrogen and oxygen atoms in total. The second-order valence-electron chi connectivity index (χ2n) is 6.78. The predicted molar refractivity (Wildman–Crippen MR) is 126 cm³/mol. The Morgan fingerprint density at radius 1 is 0.452 bits per heavy atom. The summed E-state index contributed by atoms with van der Waals surface area (Å²) in [5, 5.41) is 9.27. The molecule has 1 heteroatoms. The van der Waals surface area contributed by atoms with E-state index < -0.39 is 0 Å². The first-order valence-corrected chi connectivity index (χ1v) is 9.86. The first-order valence-electron chi connectivity index (χ1n) is 9.86. The maximum absolute atomic E-state index is 9.27. The molecule has 0 aliphatic rings. The Bertz CT molecular complexity index is 1370. The lowest BCUT2D eigenvalue weighted by molar-refractivity contribution is 0.517. The third kappa shape index (κ3) is 5.05. The van der Waals surface area contributed by atoms with Crippen LogP contribution >= 0.6 is 0 Å². The largest absolute Gasteiger partial charge is 0.462 e. The summed E-state index contributed by atoms with van der Waals surface area (Å²) in [4.78, 5) is 0. The molecule has 0 bridgehead atoms. The summed E-state index contributed by atoms with van der Waals surface area (Å²) in [7, 11) is 0. The minimum atomic E-state index is 0.642. The summed E-state index contributed by atoms with van der Waals surface area (Å²) in [6.07, 6.45) is 2.02. The fraction of sp³-hybridized carbons (Fsp3) is 0. The van der Waals surface area contributed by atoms with E-state index in [0.717, 1.165) is 33.4 Å². The molecule has 0 spiro atoms. The van der Waals surface area contributed by atoms with Gasteiger partial charge in [0.25, 0.3) is 0 Å². The molecule has 144 valence electrons. The zero-order valence-corrected chi connectivity index (χ0v) is 16.8. The third-order valence-corrected chi connectivity index (χ3v) is 4.66. The highest BCUT2D eigenvalue weighted by Gasteiger charge is 2.09. The molecule has 0 aromatic heterocycles. The van der Waals surface area contributed by atoms with Crippen molar-refractivity contribution in [1.29, 1.82) is 0 Å². The van der Waals surface area contributed by atoms with Crippen molar-refractivity contribution in [1.82, 2.24) is 0 Å². The van der Waals surface area contributed by atoms with Gasteiger partial charge in [-0.25, -0.2) is 0 Å². The van der Waals surface area contributed by atoms with Crippen LogP contribution in [0.1, 0.15) is 27.8 Å². The molecule has 0 amide bonds. The van der Waals surface area contributed by atoms with Crippen LogP contribution in [0.3, 0.4) is 0 Å². The molecule has 1 N–H and O–H groups in total. The summed E-state index contributed by atoms with van der Waals surface area (Å²) in [6, 6.07) is 33.6. The number of benzene rings is 4. The molecular formula is C30H18O. The van der Waals surface area contributed by atoms with Crippen molar-refractivity contribution in [2.45, 2.75) is 0 Å². The minimum Gasteiger partial charge on any atom is -0.462 e. The number of hydrogen-bond acceptors (Lipinski definition) is 1. The lowest BCUT2D eigenvalue weighted by Gasteiger charge is -2.08. The number of hydrogen-bond donors (Lipinski definition) is 1. The van der Waals surface area contributed by atoms with Crippen LogP contribution < -0.4 is 0 Å². The van der Waals surface area contributed by atoms with E-state index in [2.05, 4.69) is 41.7 Å². The molecule has 4 aromatic rings. The summed E-state index contributed by atoms with van der Waals surface area (Å²) in [5.74, 6) is 15.7. The molecule has 0 heterocycles. The van der Waals surface area contributed by atoms with Crippen LogP contribution in [-0.2, 0) is 0 Å². The minimum absolute atomic E-state index is 0.642. The zero-order chi connectivity index (χ0) is 21.3. The van der Waals surface area contributed by atoms with Crippen molar-refractivity contribution < 1.29 is 5.11 Å². The maximum atomic E-state index is 9.27. The van der Waals surface area contributed by atoms with Crippen molar-refractivity contribution in [2.24, 2.45) is 0 Å². The Hall–Kier alpha value is -4.64. The van der Waals surface area contributed by atoms with Gasteiger partial charge in [-0.1, -0.05) is 90.4 Å². The fourth-order valence-electron chi connectivity index (χ4n) is 3.15. The highest BCUT2D eigenvalue weighted by Crippen LogP contribution is 2.27. The average Bonchev–Trinajstić information content (AvgIpc) is 2.84. The monoisotopic (exact) mass is 394 g/mol. The summed E-state index contributed by atoms with van der Waals surface area (Å²) in [5.41, 5.74) is 6.09. The van der Waals surface area contributed by atoms with E-state index in [0.29, 0.717) is 5.56 Å². The smallest absolute Gasteiger partial charge is 0.113 e. The van der Waals surface area contributed by atoms with Gasteiger partial charge in [-0.15, -0.1) is 0 Å². The summed E-state index contributed by atoms with van der Waals surface area (Å²) >= 11 is 0. The van der Waals surface area contributed by atoms with Gasteiger partial charge in [-0.05, 0) is 53.4 Å². The zero-order valence-electron chi connectivity index (χ0n) is 16.8. The van der Waals surface area contributed by atoms with E-state index in [-0.39, 0.29) is 0 Å². The van der Waals surface area contributed by atoms with Crippen molar-refractivity contribution in [3.63, 3.8) is 0 Å². The van der Waals surface area contributed by atoms with Gasteiger partial charge in [-0.3, -0.25) is 0 Å². The van der Waals surface area contributed by atoms with Crippen LogP contribution in [0.2, 0.25) is 0 Å². The Morgan fingerprint density at radius 3 is 1.48 bits per heavy atom. The van der Waals surface area contributed by atoms with Gasteiger partial charge in [0.05, 0.1) is 0 Å². The molecule has 31 heavy (non-hydrogen) atoms. The third-order valence-electron chi connectivity index (χ3n) is 4.66. The Labute approximate surface area is 183 Å². The normalized spacial score (nSPS) is 9.29. The van der Waals surface area contributed by atoms with E-state index in [1.165, 1.54) is 0 Å². The maximum Gasteiger partial charge on any atom is 0.113 e. The topological polar surface area (TPSA) is 20.2 Å². The molecule has 0 saturated carbocycles. The SMILES string of the molecule is OC#Cc1cc(C#Cc2ccccc2)c(-c2ccccc2)cc1C#Cc1ccccc1. The van der Waals surface area contributed by atoms with Crippen LogP contribution in [0.25, 0.3) is 11.1 Å². The second kappa shape index (κ2) is 9.71. The van der Waals surface area contributed by atoms with E-state index >= 15 is 0 Å². The Balaban J connectivity index is 1.88. The molecule has 4 aromatic carbocycles. The molecule has 0 atom stereocenters. The summed E-state index contributed by atoms with van der Waals surface area (Å²) in [6.45, 7) is 0. The molecule has 0 aliphatic heterocycles. The Kier molecular flexibility index (Phi) is 6.16. The van der Waals surface area contributed by atoms with Gasteiger partial charge in [0.2, 0.25) is 0 Å². The van der Waals surface area contributed by atoms with E-state index in [4.69, 9.17) is 0 Å². The molecule has 0 radical (unpaired) electrons. The van der Waals surface area contributed by atoms with Crippen molar-refractivity contribution >= 4 is 0 Å². The van der Waals surface area contributed by atoms with Gasteiger partial charge in [-0.2, -0.15) is 0 Å². The van der Waals surface area contributed by atoms with Crippen LogP contribution in [-0.4, -0.2) is 5.11 Å². The summed E-state index contributed by atoms with van der Waals surface area (Å²) < 4.78 is 0. The molecule has 4 rings (SSSR count). The highest BCUT2D eigenvalue weighted by molar-refractivity contribution is 5.75. The van der Waals surface area contributed by atoms with Crippen LogP contribution in [0.5, 0.6) is 0 Å². The number of aliphatic hydroxyl groups is 1. The van der Waals surface area contributed by atoms with Gasteiger partial charge in [0, 0.05) is 27.8 Å². The van der Waals surface area contributed by atoms with Crippen molar-refractivity contribution in [3.05, 3.63) is 131 Å². The second-order valence-corrected chi connectivity index (χ2v) is 6.78. The van der Waals surface area contributed by atoms with E-state index in [9.17, 15) is 5.11 Å². The average molecular weight is 394 g/mol. The number of aliphatic hydroxyl groups excluding tert-OH is 1. The lowest BCUT2D eigenvalue weighted by atomic mass is 9.94.